The Kier molecular flexibility index (Phi) is 4.48. The zero-order chi connectivity index (χ0) is 13.7. The third-order valence-electron chi connectivity index (χ3n) is 3.07. The van der Waals surface area contributed by atoms with E-state index in [-0.39, 0.29) is 11.9 Å². The molecule has 0 bridgehead atoms. The summed E-state index contributed by atoms with van der Waals surface area (Å²) in [5, 5.41) is 0. The largest absolute Gasteiger partial charge is 0.372 e. The van der Waals surface area contributed by atoms with Crippen molar-refractivity contribution in [1.82, 2.24) is 0 Å². The fraction of sp³-hybridized carbons (Fsp3) is 0.235. The van der Waals surface area contributed by atoms with Crippen molar-refractivity contribution in [3.63, 3.8) is 0 Å². The highest BCUT2D eigenvalue weighted by Crippen LogP contribution is 2.25. The highest BCUT2D eigenvalue weighted by atomic mass is 16.5. The second-order valence-corrected chi connectivity index (χ2v) is 4.65. The minimum Gasteiger partial charge on any atom is -0.372 e. The van der Waals surface area contributed by atoms with E-state index in [1.165, 1.54) is 0 Å². The summed E-state index contributed by atoms with van der Waals surface area (Å²) in [5.41, 5.74) is 3.27. The lowest BCUT2D eigenvalue weighted by Gasteiger charge is -2.16. The molecule has 0 spiro atoms. The maximum atomic E-state index is 11.1. The fourth-order valence-electron chi connectivity index (χ4n) is 2.19. The molecule has 1 atom stereocenters. The van der Waals surface area contributed by atoms with Gasteiger partial charge in [0.15, 0.2) is 0 Å². The van der Waals surface area contributed by atoms with Crippen LogP contribution in [0.4, 0.5) is 0 Å². The smallest absolute Gasteiger partial charge is 0.134 e. The summed E-state index contributed by atoms with van der Waals surface area (Å²) in [6, 6.07) is 18.1. The molecule has 2 rings (SSSR count). The number of carbonyl (C=O) groups is 1. The molecular weight excluding hydrogens is 236 g/mol. The van der Waals surface area contributed by atoms with Crippen molar-refractivity contribution < 1.29 is 9.53 Å². The summed E-state index contributed by atoms with van der Waals surface area (Å²) in [6.07, 6.45) is 0.427. The van der Waals surface area contributed by atoms with Crippen LogP contribution in [0.3, 0.4) is 0 Å². The first-order valence-corrected chi connectivity index (χ1v) is 6.36. The zero-order valence-electron chi connectivity index (χ0n) is 11.3. The molecule has 0 aliphatic heterocycles. The number of hydrogen-bond donors (Lipinski definition) is 0. The van der Waals surface area contributed by atoms with Crippen LogP contribution < -0.4 is 0 Å². The number of rotatable bonds is 5. The van der Waals surface area contributed by atoms with Gasteiger partial charge in [-0.2, -0.15) is 0 Å². The van der Waals surface area contributed by atoms with Crippen LogP contribution in [0.15, 0.2) is 54.6 Å². The van der Waals surface area contributed by atoms with E-state index in [1.54, 1.807) is 14.0 Å². The number of hydrogen-bond acceptors (Lipinski definition) is 2. The molecule has 2 nitrogen and oxygen atoms in total. The van der Waals surface area contributed by atoms with Crippen molar-refractivity contribution >= 4 is 5.78 Å². The summed E-state index contributed by atoms with van der Waals surface area (Å²) in [6.45, 7) is 1.61. The average molecular weight is 254 g/mol. The van der Waals surface area contributed by atoms with Gasteiger partial charge >= 0.3 is 0 Å². The predicted octanol–water partition coefficient (Wildman–Crippen LogP) is 3.55. The van der Waals surface area contributed by atoms with Crippen LogP contribution in [-0.4, -0.2) is 12.9 Å². The van der Waals surface area contributed by atoms with Gasteiger partial charge in [-0.05, 0) is 23.6 Å². The number of carbonyl (C=O) groups excluding carboxylic acids is 1. The summed E-state index contributed by atoms with van der Waals surface area (Å²) < 4.78 is 5.58. The van der Waals surface area contributed by atoms with Gasteiger partial charge in [-0.25, -0.2) is 0 Å². The molecule has 0 aromatic heterocycles. The lowest BCUT2D eigenvalue weighted by molar-refractivity contribution is -0.116. The van der Waals surface area contributed by atoms with Gasteiger partial charge in [-0.1, -0.05) is 54.6 Å². The highest BCUT2D eigenvalue weighted by molar-refractivity contribution is 5.78. The minimum atomic E-state index is -0.0624. The van der Waals surface area contributed by atoms with Crippen molar-refractivity contribution in [3.05, 3.63) is 71.3 Å². The maximum absolute atomic E-state index is 11.1. The van der Waals surface area contributed by atoms with E-state index in [0.717, 1.165) is 16.7 Å². The van der Waals surface area contributed by atoms with Crippen LogP contribution in [0.1, 0.15) is 29.7 Å². The Morgan fingerprint density at radius 3 is 2.11 bits per heavy atom. The Hall–Kier alpha value is -1.93. The molecule has 0 amide bonds. The topological polar surface area (TPSA) is 26.3 Å². The van der Waals surface area contributed by atoms with Crippen molar-refractivity contribution in [2.24, 2.45) is 0 Å². The number of ketones is 1. The SMILES string of the molecule is COC(c1ccccc1)c1ccc(CC(C)=O)cc1. The Morgan fingerprint density at radius 2 is 1.58 bits per heavy atom. The van der Waals surface area contributed by atoms with E-state index in [1.807, 2.05) is 42.5 Å². The van der Waals surface area contributed by atoms with E-state index >= 15 is 0 Å². The molecule has 2 aromatic carbocycles. The van der Waals surface area contributed by atoms with Crippen molar-refractivity contribution in [3.8, 4) is 0 Å². The lowest BCUT2D eigenvalue weighted by atomic mass is 9.99. The number of ether oxygens (including phenoxy) is 1. The van der Waals surface area contributed by atoms with Gasteiger partial charge in [0, 0.05) is 13.5 Å². The van der Waals surface area contributed by atoms with E-state index in [0.29, 0.717) is 6.42 Å². The Balaban J connectivity index is 2.22. The van der Waals surface area contributed by atoms with Crippen LogP contribution >= 0.6 is 0 Å². The second kappa shape index (κ2) is 6.30. The molecule has 1 unspecified atom stereocenters. The molecule has 19 heavy (non-hydrogen) atoms. The first kappa shape index (κ1) is 13.5. The standard InChI is InChI=1S/C17H18O2/c1-13(18)12-14-8-10-16(11-9-14)17(19-2)15-6-4-3-5-7-15/h3-11,17H,12H2,1-2H3. The first-order valence-electron chi connectivity index (χ1n) is 6.36. The molecule has 98 valence electrons. The van der Waals surface area contributed by atoms with Crippen LogP contribution in [0, 0.1) is 0 Å². The molecule has 0 aliphatic carbocycles. The second-order valence-electron chi connectivity index (χ2n) is 4.65. The molecule has 0 aliphatic rings. The highest BCUT2D eigenvalue weighted by Gasteiger charge is 2.12. The van der Waals surface area contributed by atoms with E-state index in [2.05, 4.69) is 12.1 Å². The molecular formula is C17H18O2. The molecule has 2 heteroatoms. The number of benzene rings is 2. The van der Waals surface area contributed by atoms with Gasteiger partial charge in [-0.15, -0.1) is 0 Å². The van der Waals surface area contributed by atoms with Gasteiger partial charge in [0.25, 0.3) is 0 Å². The molecule has 0 N–H and O–H groups in total. The summed E-state index contributed by atoms with van der Waals surface area (Å²) in [7, 11) is 1.71. The van der Waals surface area contributed by atoms with E-state index in [4.69, 9.17) is 4.74 Å². The van der Waals surface area contributed by atoms with Gasteiger partial charge in [0.2, 0.25) is 0 Å². The van der Waals surface area contributed by atoms with Crippen LogP contribution in [0.25, 0.3) is 0 Å². The van der Waals surface area contributed by atoms with Gasteiger partial charge in [-0.3, -0.25) is 4.79 Å². The maximum Gasteiger partial charge on any atom is 0.134 e. The number of methoxy groups -OCH3 is 1. The summed E-state index contributed by atoms with van der Waals surface area (Å²) >= 11 is 0. The van der Waals surface area contributed by atoms with Crippen LogP contribution in [0.2, 0.25) is 0 Å². The average Bonchev–Trinajstić information content (AvgIpc) is 2.42. The minimum absolute atomic E-state index is 0.0624. The molecule has 0 fully saturated rings. The molecule has 2 aromatic rings. The van der Waals surface area contributed by atoms with Gasteiger partial charge in [0.05, 0.1) is 0 Å². The van der Waals surface area contributed by atoms with Crippen molar-refractivity contribution in [2.75, 3.05) is 7.11 Å². The van der Waals surface area contributed by atoms with E-state index in [9.17, 15) is 4.79 Å². The van der Waals surface area contributed by atoms with Crippen molar-refractivity contribution in [2.45, 2.75) is 19.4 Å². The van der Waals surface area contributed by atoms with Gasteiger partial charge in [0.1, 0.15) is 11.9 Å². The first-order chi connectivity index (χ1) is 9.20. The Labute approximate surface area is 114 Å². The third-order valence-corrected chi connectivity index (χ3v) is 3.07. The molecule has 0 radical (unpaired) electrons. The molecule has 0 saturated carbocycles. The predicted molar refractivity (Wildman–Crippen MR) is 76.1 cm³/mol. The van der Waals surface area contributed by atoms with Gasteiger partial charge < -0.3 is 4.74 Å². The number of Topliss-reactive ketones (excluding diaryl/α,β-unsaturated/α-hetero) is 1. The summed E-state index contributed by atoms with van der Waals surface area (Å²) in [4.78, 5) is 11.1. The normalized spacial score (nSPS) is 12.1. The van der Waals surface area contributed by atoms with Crippen molar-refractivity contribution in [1.29, 1.82) is 0 Å². The molecule has 0 saturated heterocycles. The fourth-order valence-corrected chi connectivity index (χ4v) is 2.19. The molecule has 0 heterocycles. The Bertz CT molecular complexity index is 529. The monoisotopic (exact) mass is 254 g/mol. The quantitative estimate of drug-likeness (QED) is 0.815. The van der Waals surface area contributed by atoms with Crippen LogP contribution in [0.5, 0.6) is 0 Å². The van der Waals surface area contributed by atoms with Crippen LogP contribution in [-0.2, 0) is 16.0 Å². The third kappa shape index (κ3) is 3.52. The zero-order valence-corrected chi connectivity index (χ0v) is 11.3. The lowest BCUT2D eigenvalue weighted by Crippen LogP contribution is -2.04. The summed E-state index contributed by atoms with van der Waals surface area (Å²) in [5.74, 6) is 0.180. The Morgan fingerprint density at radius 1 is 1.00 bits per heavy atom. The van der Waals surface area contributed by atoms with E-state index < -0.39 is 0 Å².